The van der Waals surface area contributed by atoms with Crippen LogP contribution in [0.2, 0.25) is 0 Å². The van der Waals surface area contributed by atoms with Crippen LogP contribution < -0.4 is 5.32 Å². The molecule has 0 aliphatic carbocycles. The number of carbonyl (C=O) groups is 1. The van der Waals surface area contributed by atoms with Crippen LogP contribution in [0.1, 0.15) is 40.9 Å². The molecule has 2 heterocycles. The molecule has 11 heteroatoms. The minimum Gasteiger partial charge on any atom is -0.341 e. The topological polar surface area (TPSA) is 85.8 Å². The first-order valence-corrected chi connectivity index (χ1v) is 9.95. The smallest absolute Gasteiger partial charge is 0.341 e. The number of fused-ring (bicyclic) bond motifs is 1. The van der Waals surface area contributed by atoms with Crippen molar-refractivity contribution in [2.45, 2.75) is 32.5 Å². The first kappa shape index (κ1) is 22.4. The number of amides is 1. The number of carbonyl (C=O) groups excluding carboxylic acids is 1. The first-order chi connectivity index (χ1) is 15.5. The van der Waals surface area contributed by atoms with Crippen molar-refractivity contribution < 1.29 is 26.9 Å². The minimum absolute atomic E-state index is 0.187. The Morgan fingerprint density at radius 3 is 2.48 bits per heavy atom. The number of aromatic nitrogens is 4. The minimum atomic E-state index is -4.46. The van der Waals surface area contributed by atoms with Crippen molar-refractivity contribution in [3.63, 3.8) is 0 Å². The normalized spacial score (nSPS) is 12.8. The molecule has 0 aliphatic heterocycles. The fraction of sp³-hybridized carbons (Fsp3) is 0.273. The van der Waals surface area contributed by atoms with Gasteiger partial charge in [-0.15, -0.1) is 0 Å². The second kappa shape index (κ2) is 8.30. The van der Waals surface area contributed by atoms with Crippen molar-refractivity contribution in [2.75, 3.05) is 0 Å². The van der Waals surface area contributed by atoms with Crippen LogP contribution in [-0.4, -0.2) is 31.8 Å². The molecule has 0 aliphatic rings. The molecular weight excluding hydrogens is 442 g/mol. The van der Waals surface area contributed by atoms with Gasteiger partial charge in [0.05, 0.1) is 11.0 Å². The highest BCUT2D eigenvalue weighted by Crippen LogP contribution is 2.32. The highest BCUT2D eigenvalue weighted by atomic mass is 19.4. The maximum absolute atomic E-state index is 13.5. The molecule has 0 saturated carbocycles. The summed E-state index contributed by atoms with van der Waals surface area (Å²) < 4.78 is 59.0. The average molecular weight is 461 g/mol. The molecule has 2 aromatic heterocycles. The molecule has 1 atom stereocenters. The van der Waals surface area contributed by atoms with E-state index < -0.39 is 30.4 Å². The summed E-state index contributed by atoms with van der Waals surface area (Å²) >= 11 is 0. The molecule has 4 aromatic rings. The Labute approximate surface area is 185 Å². The maximum Gasteiger partial charge on any atom is 0.396 e. The molecule has 33 heavy (non-hydrogen) atoms. The molecule has 1 N–H and O–H groups in total. The molecule has 7 nitrogen and oxygen atoms in total. The second-order valence-electron chi connectivity index (χ2n) is 7.65. The van der Waals surface area contributed by atoms with Gasteiger partial charge in [-0.2, -0.15) is 18.2 Å². The number of rotatable bonds is 5. The number of imidazole rings is 1. The molecule has 4 rings (SSSR count). The SMILES string of the molecule is Cc1noc([C@@H](C)NC(=O)c2cc(-c3ccc(F)cc3)c3nc(CC(F)(F)F)n(C)c3c2)n1. The Balaban J connectivity index is 1.80. The Kier molecular flexibility index (Phi) is 5.64. The number of hydrogen-bond donors (Lipinski definition) is 1. The zero-order valence-corrected chi connectivity index (χ0v) is 17.9. The fourth-order valence-electron chi connectivity index (χ4n) is 3.48. The van der Waals surface area contributed by atoms with E-state index in [-0.39, 0.29) is 22.8 Å². The predicted molar refractivity (Wildman–Crippen MR) is 111 cm³/mol. The molecular formula is C22H19F4N5O2. The van der Waals surface area contributed by atoms with Crippen molar-refractivity contribution in [1.29, 1.82) is 0 Å². The van der Waals surface area contributed by atoms with Crippen molar-refractivity contribution in [3.05, 3.63) is 65.3 Å². The van der Waals surface area contributed by atoms with Gasteiger partial charge in [0, 0.05) is 18.2 Å². The second-order valence-corrected chi connectivity index (χ2v) is 7.65. The average Bonchev–Trinajstić information content (AvgIpc) is 3.31. The summed E-state index contributed by atoms with van der Waals surface area (Å²) in [6.45, 7) is 3.31. The summed E-state index contributed by atoms with van der Waals surface area (Å²) in [6.07, 6.45) is -5.68. The van der Waals surface area contributed by atoms with E-state index in [0.717, 1.165) is 0 Å². The Bertz CT molecular complexity index is 1330. The molecule has 1 amide bonds. The van der Waals surface area contributed by atoms with Crippen LogP contribution in [0.25, 0.3) is 22.2 Å². The number of nitrogens with zero attached hydrogens (tertiary/aromatic N) is 4. The number of benzene rings is 2. The van der Waals surface area contributed by atoms with Gasteiger partial charge in [-0.3, -0.25) is 4.79 Å². The lowest BCUT2D eigenvalue weighted by atomic mass is 10.0. The zero-order chi connectivity index (χ0) is 23.9. The molecule has 0 unspecified atom stereocenters. The summed E-state index contributed by atoms with van der Waals surface area (Å²) in [4.78, 5) is 21.3. The van der Waals surface area contributed by atoms with Crippen molar-refractivity contribution in [1.82, 2.24) is 25.0 Å². The number of aryl methyl sites for hydroxylation is 2. The van der Waals surface area contributed by atoms with E-state index in [2.05, 4.69) is 20.4 Å². The van der Waals surface area contributed by atoms with Gasteiger partial charge in [-0.25, -0.2) is 9.37 Å². The van der Waals surface area contributed by atoms with Crippen molar-refractivity contribution >= 4 is 16.9 Å². The summed E-state index contributed by atoms with van der Waals surface area (Å²) in [5, 5.41) is 6.43. The molecule has 0 saturated heterocycles. The summed E-state index contributed by atoms with van der Waals surface area (Å²) in [7, 11) is 1.45. The van der Waals surface area contributed by atoms with Crippen molar-refractivity contribution in [2.24, 2.45) is 7.05 Å². The fourth-order valence-corrected chi connectivity index (χ4v) is 3.48. The van der Waals surface area contributed by atoms with Crippen LogP contribution in [0.15, 0.2) is 40.9 Å². The first-order valence-electron chi connectivity index (χ1n) is 9.95. The molecule has 0 fully saturated rings. The van der Waals surface area contributed by atoms with E-state index in [1.165, 1.54) is 48.0 Å². The standard InChI is InChI=1S/C22H19F4N5O2/c1-11(21-28-12(2)30-33-21)27-20(32)14-8-16(13-4-6-15(23)7-5-13)19-17(9-14)31(3)18(29-19)10-22(24,25)26/h4-9,11H,10H2,1-3H3,(H,27,32)/t11-/m1/s1. The van der Waals surface area contributed by atoms with Gasteiger partial charge in [-0.05, 0) is 43.7 Å². The number of alkyl halides is 3. The zero-order valence-electron chi connectivity index (χ0n) is 17.9. The van der Waals surface area contributed by atoms with Gasteiger partial charge >= 0.3 is 6.18 Å². The van der Waals surface area contributed by atoms with Crippen LogP contribution in [-0.2, 0) is 13.5 Å². The summed E-state index contributed by atoms with van der Waals surface area (Å²) in [5.41, 5.74) is 1.71. The number of nitrogens with one attached hydrogen (secondary N) is 1. The van der Waals surface area contributed by atoms with E-state index in [9.17, 15) is 22.4 Å². The highest BCUT2D eigenvalue weighted by molar-refractivity contribution is 6.02. The third kappa shape index (κ3) is 4.71. The van der Waals surface area contributed by atoms with Gasteiger partial charge in [0.2, 0.25) is 5.89 Å². The molecule has 172 valence electrons. The summed E-state index contributed by atoms with van der Waals surface area (Å²) in [5.74, 6) is -0.534. The van der Waals surface area contributed by atoms with E-state index in [0.29, 0.717) is 22.5 Å². The van der Waals surface area contributed by atoms with Crippen LogP contribution in [0.3, 0.4) is 0 Å². The van der Waals surface area contributed by atoms with E-state index in [1.54, 1.807) is 13.8 Å². The number of halogens is 4. The van der Waals surface area contributed by atoms with E-state index >= 15 is 0 Å². The third-order valence-electron chi connectivity index (χ3n) is 5.12. The Morgan fingerprint density at radius 1 is 1.18 bits per heavy atom. The Hall–Kier alpha value is -3.76. The Morgan fingerprint density at radius 2 is 1.88 bits per heavy atom. The monoisotopic (exact) mass is 461 g/mol. The van der Waals surface area contributed by atoms with Gasteiger partial charge in [-0.1, -0.05) is 17.3 Å². The summed E-state index contributed by atoms with van der Waals surface area (Å²) in [6, 6.07) is 7.80. The molecule has 2 aromatic carbocycles. The lowest BCUT2D eigenvalue weighted by Gasteiger charge is -2.12. The largest absolute Gasteiger partial charge is 0.396 e. The number of hydrogen-bond acceptors (Lipinski definition) is 5. The maximum atomic E-state index is 13.5. The van der Waals surface area contributed by atoms with Gasteiger partial charge in [0.15, 0.2) is 5.82 Å². The van der Waals surface area contributed by atoms with Gasteiger partial charge < -0.3 is 14.4 Å². The van der Waals surface area contributed by atoms with Crippen LogP contribution in [0, 0.1) is 12.7 Å². The van der Waals surface area contributed by atoms with E-state index in [4.69, 9.17) is 4.52 Å². The molecule has 0 radical (unpaired) electrons. The molecule has 0 spiro atoms. The van der Waals surface area contributed by atoms with Crippen LogP contribution in [0.5, 0.6) is 0 Å². The molecule has 0 bridgehead atoms. The van der Waals surface area contributed by atoms with Crippen LogP contribution >= 0.6 is 0 Å². The lowest BCUT2D eigenvalue weighted by Crippen LogP contribution is -2.27. The lowest BCUT2D eigenvalue weighted by molar-refractivity contribution is -0.128. The van der Waals surface area contributed by atoms with Crippen LogP contribution in [0.4, 0.5) is 17.6 Å². The van der Waals surface area contributed by atoms with E-state index in [1.807, 2.05) is 0 Å². The highest BCUT2D eigenvalue weighted by Gasteiger charge is 2.31. The van der Waals surface area contributed by atoms with Crippen molar-refractivity contribution in [3.8, 4) is 11.1 Å². The van der Waals surface area contributed by atoms with Gasteiger partial charge in [0.1, 0.15) is 24.1 Å². The van der Waals surface area contributed by atoms with Gasteiger partial charge in [0.25, 0.3) is 5.91 Å². The quantitative estimate of drug-likeness (QED) is 0.437. The third-order valence-corrected chi connectivity index (χ3v) is 5.12. The predicted octanol–water partition coefficient (Wildman–Crippen LogP) is 4.67.